The van der Waals surface area contributed by atoms with E-state index in [-0.39, 0.29) is 5.78 Å². The first-order chi connectivity index (χ1) is 8.66. The minimum atomic E-state index is 0.0268. The van der Waals surface area contributed by atoms with Gasteiger partial charge in [0.15, 0.2) is 5.78 Å². The number of fused-ring (bicyclic) bond motifs is 2. The molecule has 0 saturated carbocycles. The van der Waals surface area contributed by atoms with E-state index in [0.717, 1.165) is 20.9 Å². The average Bonchev–Trinajstić information content (AvgIpc) is 2.52. The summed E-state index contributed by atoms with van der Waals surface area (Å²) in [6.07, 6.45) is 4.15. The van der Waals surface area contributed by atoms with E-state index >= 15 is 0 Å². The van der Waals surface area contributed by atoms with Gasteiger partial charge in [-0.25, -0.2) is 0 Å². The monoisotopic (exact) mass is 294 g/mol. The number of thioether (sulfide) groups is 1. The highest BCUT2D eigenvalue weighted by atomic mass is 35.5. The molecule has 0 saturated heterocycles. The van der Waals surface area contributed by atoms with Gasteiger partial charge < -0.3 is 0 Å². The first-order valence-electron chi connectivity index (χ1n) is 5.45. The van der Waals surface area contributed by atoms with Gasteiger partial charge in [0.25, 0.3) is 0 Å². The zero-order valence-electron chi connectivity index (χ0n) is 9.24. The fourth-order valence-electron chi connectivity index (χ4n) is 1.97. The second kappa shape index (κ2) is 4.61. The van der Waals surface area contributed by atoms with Crippen LogP contribution in [0.15, 0.2) is 61.9 Å². The van der Waals surface area contributed by atoms with E-state index < -0.39 is 0 Å². The van der Waals surface area contributed by atoms with Crippen molar-refractivity contribution in [1.29, 1.82) is 0 Å². The number of ketones is 1. The van der Waals surface area contributed by atoms with E-state index in [0.29, 0.717) is 16.5 Å². The lowest BCUT2D eigenvalue weighted by atomic mass is 10.0. The van der Waals surface area contributed by atoms with Crippen molar-refractivity contribution in [3.8, 4) is 0 Å². The van der Waals surface area contributed by atoms with Crippen molar-refractivity contribution in [3.05, 3.63) is 62.5 Å². The van der Waals surface area contributed by atoms with Gasteiger partial charge in [-0.15, -0.1) is 0 Å². The van der Waals surface area contributed by atoms with Crippen molar-refractivity contribution in [3.63, 3.8) is 0 Å². The molecular formula is C14H8Cl2OS. The lowest BCUT2D eigenvalue weighted by Crippen LogP contribution is -1.97. The highest BCUT2D eigenvalue weighted by molar-refractivity contribution is 8.03. The van der Waals surface area contributed by atoms with Crippen molar-refractivity contribution in [2.45, 2.75) is 11.3 Å². The highest BCUT2D eigenvalue weighted by Crippen LogP contribution is 2.45. The summed E-state index contributed by atoms with van der Waals surface area (Å²) in [6, 6.07) is 7.55. The summed E-state index contributed by atoms with van der Waals surface area (Å²) in [6.45, 7) is 0. The van der Waals surface area contributed by atoms with Gasteiger partial charge in [-0.3, -0.25) is 4.79 Å². The molecule has 3 rings (SSSR count). The molecule has 0 fully saturated rings. The Bertz CT molecular complexity index is 641. The molecule has 1 aromatic carbocycles. The smallest absolute Gasteiger partial charge is 0.187 e. The Kier molecular flexibility index (Phi) is 3.10. The number of hydrogen-bond donors (Lipinski definition) is 0. The van der Waals surface area contributed by atoms with E-state index in [2.05, 4.69) is 0 Å². The summed E-state index contributed by atoms with van der Waals surface area (Å²) in [5.74, 6) is 0.0268. The molecule has 1 heterocycles. The molecule has 0 N–H and O–H groups in total. The number of rotatable bonds is 0. The minimum Gasteiger partial charge on any atom is -0.289 e. The van der Waals surface area contributed by atoms with E-state index in [4.69, 9.17) is 23.2 Å². The number of benzene rings is 1. The molecule has 0 bridgehead atoms. The van der Waals surface area contributed by atoms with Gasteiger partial charge in [-0.05, 0) is 30.2 Å². The van der Waals surface area contributed by atoms with Crippen LogP contribution in [0.4, 0.5) is 0 Å². The van der Waals surface area contributed by atoms with E-state index in [1.54, 1.807) is 6.08 Å². The van der Waals surface area contributed by atoms with Crippen LogP contribution in [0.2, 0.25) is 0 Å². The average molecular weight is 295 g/mol. The van der Waals surface area contributed by atoms with Crippen molar-refractivity contribution < 1.29 is 4.79 Å². The Morgan fingerprint density at radius 2 is 1.94 bits per heavy atom. The van der Waals surface area contributed by atoms with Crippen LogP contribution in [0.25, 0.3) is 0 Å². The normalized spacial score (nSPS) is 18.7. The van der Waals surface area contributed by atoms with Crippen molar-refractivity contribution in [1.82, 2.24) is 0 Å². The first-order valence-corrected chi connectivity index (χ1v) is 7.02. The lowest BCUT2D eigenvalue weighted by molar-refractivity contribution is 0.104. The van der Waals surface area contributed by atoms with Crippen LogP contribution in [0.1, 0.15) is 16.8 Å². The SMILES string of the molecule is O=C1C=C2CC=C(Cl)C(Cl)=C2Sc2ccccc21. The molecule has 1 nitrogen and oxygen atoms in total. The molecule has 2 aliphatic rings. The standard InChI is InChI=1S/C14H8Cl2OS/c15-10-6-5-8-7-11(17)9-3-1-2-4-12(9)18-14(8)13(10)16/h1-4,6-7H,5H2. The molecule has 18 heavy (non-hydrogen) atoms. The van der Waals surface area contributed by atoms with Crippen LogP contribution in [0.5, 0.6) is 0 Å². The molecule has 1 aliphatic heterocycles. The lowest BCUT2D eigenvalue weighted by Gasteiger charge is -2.15. The predicted molar refractivity (Wildman–Crippen MR) is 76.1 cm³/mol. The highest BCUT2D eigenvalue weighted by Gasteiger charge is 2.24. The number of carbonyl (C=O) groups excluding carboxylic acids is 1. The fraction of sp³-hybridized carbons (Fsp3) is 0.0714. The minimum absolute atomic E-state index is 0.0268. The summed E-state index contributed by atoms with van der Waals surface area (Å²) < 4.78 is 0. The summed E-state index contributed by atoms with van der Waals surface area (Å²) in [4.78, 5) is 14.0. The van der Waals surface area contributed by atoms with E-state index in [9.17, 15) is 4.79 Å². The third-order valence-corrected chi connectivity index (χ3v) is 5.06. The fourth-order valence-corrected chi connectivity index (χ4v) is 3.63. The predicted octanol–water partition coefficient (Wildman–Crippen LogP) is 4.88. The van der Waals surface area contributed by atoms with Crippen LogP contribution < -0.4 is 0 Å². The summed E-state index contributed by atoms with van der Waals surface area (Å²) in [7, 11) is 0. The maximum absolute atomic E-state index is 12.1. The second-order valence-corrected chi connectivity index (χ2v) is 5.87. The second-order valence-electron chi connectivity index (χ2n) is 4.03. The van der Waals surface area contributed by atoms with Gasteiger partial charge in [-0.1, -0.05) is 53.2 Å². The largest absolute Gasteiger partial charge is 0.289 e. The number of allylic oxidation sites excluding steroid dienone is 5. The quantitative estimate of drug-likeness (QED) is 0.678. The Morgan fingerprint density at radius 3 is 2.78 bits per heavy atom. The van der Waals surface area contributed by atoms with Gasteiger partial charge >= 0.3 is 0 Å². The van der Waals surface area contributed by atoms with Crippen molar-refractivity contribution in [2.75, 3.05) is 0 Å². The molecule has 4 heteroatoms. The maximum atomic E-state index is 12.1. The Morgan fingerprint density at radius 1 is 1.17 bits per heavy atom. The molecule has 0 amide bonds. The number of hydrogen-bond acceptors (Lipinski definition) is 2. The number of carbonyl (C=O) groups is 1. The third kappa shape index (κ3) is 1.95. The first kappa shape index (κ1) is 12.1. The Balaban J connectivity index is 2.20. The molecule has 0 spiro atoms. The van der Waals surface area contributed by atoms with Crippen molar-refractivity contribution in [2.24, 2.45) is 0 Å². The van der Waals surface area contributed by atoms with Gasteiger partial charge in [0.05, 0.1) is 10.1 Å². The van der Waals surface area contributed by atoms with Crippen LogP contribution in [-0.4, -0.2) is 5.78 Å². The molecule has 0 radical (unpaired) electrons. The van der Waals surface area contributed by atoms with E-state index in [1.807, 2.05) is 30.3 Å². The molecule has 1 aromatic rings. The van der Waals surface area contributed by atoms with Crippen LogP contribution >= 0.6 is 35.0 Å². The summed E-state index contributed by atoms with van der Waals surface area (Å²) >= 11 is 13.8. The zero-order valence-corrected chi connectivity index (χ0v) is 11.6. The summed E-state index contributed by atoms with van der Waals surface area (Å²) in [5, 5.41) is 1.09. The number of halogens is 2. The topological polar surface area (TPSA) is 17.1 Å². The van der Waals surface area contributed by atoms with Crippen LogP contribution in [0, 0.1) is 0 Å². The van der Waals surface area contributed by atoms with Gasteiger partial charge in [0.1, 0.15) is 0 Å². The molecule has 90 valence electrons. The molecule has 0 unspecified atom stereocenters. The third-order valence-electron chi connectivity index (χ3n) is 2.87. The molecule has 1 aliphatic carbocycles. The van der Waals surface area contributed by atoms with Crippen LogP contribution in [-0.2, 0) is 0 Å². The van der Waals surface area contributed by atoms with Crippen molar-refractivity contribution >= 4 is 40.7 Å². The van der Waals surface area contributed by atoms with E-state index in [1.165, 1.54) is 11.8 Å². The molecule has 0 aromatic heterocycles. The molecular weight excluding hydrogens is 287 g/mol. The molecule has 0 atom stereocenters. The van der Waals surface area contributed by atoms with Gasteiger partial charge in [0.2, 0.25) is 0 Å². The van der Waals surface area contributed by atoms with Gasteiger partial charge in [0, 0.05) is 15.4 Å². The van der Waals surface area contributed by atoms with Gasteiger partial charge in [-0.2, -0.15) is 0 Å². The Hall–Kier alpha value is -0.960. The Labute approximate surface area is 119 Å². The van der Waals surface area contributed by atoms with Crippen LogP contribution in [0.3, 0.4) is 0 Å². The zero-order chi connectivity index (χ0) is 12.7. The maximum Gasteiger partial charge on any atom is 0.187 e. The summed E-state index contributed by atoms with van der Waals surface area (Å²) in [5.41, 5.74) is 1.66.